The predicted molar refractivity (Wildman–Crippen MR) is 98.5 cm³/mol. The van der Waals surface area contributed by atoms with Gasteiger partial charge in [-0.25, -0.2) is 4.42 Å². The molecule has 0 bridgehead atoms. The van der Waals surface area contributed by atoms with Gasteiger partial charge in [0.25, 0.3) is 0 Å². The molecule has 2 aromatic carbocycles. The summed E-state index contributed by atoms with van der Waals surface area (Å²) in [5, 5.41) is 3.59. The van der Waals surface area contributed by atoms with E-state index in [1.165, 1.54) is 11.1 Å². The number of piperazine rings is 1. The number of hydrogen-bond donors (Lipinski definition) is 1. The Kier molecular flexibility index (Phi) is 7.06. The molecule has 3 rings (SSSR count). The fourth-order valence-corrected chi connectivity index (χ4v) is 3.01. The van der Waals surface area contributed by atoms with Crippen molar-refractivity contribution in [2.45, 2.75) is 12.1 Å². The van der Waals surface area contributed by atoms with Crippen molar-refractivity contribution in [2.75, 3.05) is 34.2 Å². The van der Waals surface area contributed by atoms with E-state index in [4.69, 9.17) is 11.8 Å². The smallest absolute Gasteiger partial charge is 0.0696 e. The standard InChI is InChI=1S/C16H17ClN2.C3H9N/c17-19-12-11-18-15(13-7-3-1-4-8-13)16(19)14-9-5-2-6-10-14;1-4(2)3/h1-10,15-16,18H,11-12H2;1-3H3. The van der Waals surface area contributed by atoms with E-state index in [9.17, 15) is 0 Å². The Bertz CT molecular complexity index is 557. The van der Waals surface area contributed by atoms with Gasteiger partial charge in [-0.15, -0.1) is 0 Å². The van der Waals surface area contributed by atoms with E-state index in [1.807, 2.05) is 42.6 Å². The average molecular weight is 332 g/mol. The molecule has 0 aliphatic carbocycles. The second kappa shape index (κ2) is 9.04. The van der Waals surface area contributed by atoms with Crippen LogP contribution in [0.15, 0.2) is 60.7 Å². The van der Waals surface area contributed by atoms with Gasteiger partial charge in [-0.3, -0.25) is 0 Å². The largest absolute Gasteiger partial charge is 0.312 e. The van der Waals surface area contributed by atoms with Crippen LogP contribution in [-0.2, 0) is 0 Å². The van der Waals surface area contributed by atoms with E-state index < -0.39 is 0 Å². The molecule has 0 aromatic heterocycles. The summed E-state index contributed by atoms with van der Waals surface area (Å²) in [5.41, 5.74) is 2.53. The van der Waals surface area contributed by atoms with Crippen LogP contribution in [0, 0.1) is 0 Å². The van der Waals surface area contributed by atoms with Gasteiger partial charge in [-0.1, -0.05) is 60.7 Å². The molecular weight excluding hydrogens is 306 g/mol. The van der Waals surface area contributed by atoms with Gasteiger partial charge in [0, 0.05) is 13.1 Å². The lowest BCUT2D eigenvalue weighted by molar-refractivity contribution is 0.218. The highest BCUT2D eigenvalue weighted by atomic mass is 35.5. The van der Waals surface area contributed by atoms with E-state index in [0.717, 1.165) is 13.1 Å². The van der Waals surface area contributed by atoms with Crippen LogP contribution in [0.3, 0.4) is 0 Å². The van der Waals surface area contributed by atoms with Crippen molar-refractivity contribution in [3.63, 3.8) is 0 Å². The van der Waals surface area contributed by atoms with Gasteiger partial charge in [-0.05, 0) is 44.0 Å². The molecule has 1 saturated heterocycles. The summed E-state index contributed by atoms with van der Waals surface area (Å²) >= 11 is 6.46. The summed E-state index contributed by atoms with van der Waals surface area (Å²) in [4.78, 5) is 2.00. The number of hydrogen-bond acceptors (Lipinski definition) is 3. The topological polar surface area (TPSA) is 18.5 Å². The Morgan fingerprint density at radius 1 is 0.913 bits per heavy atom. The molecule has 1 aliphatic heterocycles. The molecule has 2 unspecified atom stereocenters. The zero-order valence-electron chi connectivity index (χ0n) is 14.1. The summed E-state index contributed by atoms with van der Waals surface area (Å²) in [6.07, 6.45) is 0. The highest BCUT2D eigenvalue weighted by molar-refractivity contribution is 6.13. The van der Waals surface area contributed by atoms with Crippen molar-refractivity contribution >= 4 is 11.8 Å². The number of benzene rings is 2. The molecular formula is C19H26ClN3. The van der Waals surface area contributed by atoms with Gasteiger partial charge < -0.3 is 10.2 Å². The van der Waals surface area contributed by atoms with Crippen LogP contribution in [-0.4, -0.2) is 43.6 Å². The zero-order valence-corrected chi connectivity index (χ0v) is 14.9. The van der Waals surface area contributed by atoms with Gasteiger partial charge >= 0.3 is 0 Å². The SMILES string of the molecule is CN(C)C.ClN1CCNC(c2ccccc2)C1c1ccccc1. The first-order valence-electron chi connectivity index (χ1n) is 7.96. The number of nitrogens with zero attached hydrogens (tertiary/aromatic N) is 2. The van der Waals surface area contributed by atoms with Crippen molar-refractivity contribution in [1.29, 1.82) is 0 Å². The lowest BCUT2D eigenvalue weighted by Crippen LogP contribution is -2.44. The van der Waals surface area contributed by atoms with E-state index in [0.29, 0.717) is 0 Å². The summed E-state index contributed by atoms with van der Waals surface area (Å²) in [5.74, 6) is 0. The molecule has 0 amide bonds. The van der Waals surface area contributed by atoms with Gasteiger partial charge in [0.2, 0.25) is 0 Å². The second-order valence-corrected chi connectivity index (χ2v) is 6.60. The van der Waals surface area contributed by atoms with Crippen LogP contribution < -0.4 is 5.32 Å². The van der Waals surface area contributed by atoms with Crippen molar-refractivity contribution in [3.05, 3.63) is 71.8 Å². The average Bonchev–Trinajstić information content (AvgIpc) is 2.56. The molecule has 2 atom stereocenters. The molecule has 0 radical (unpaired) electrons. The van der Waals surface area contributed by atoms with Crippen LogP contribution in [0.4, 0.5) is 0 Å². The minimum absolute atomic E-state index is 0.166. The zero-order chi connectivity index (χ0) is 16.7. The van der Waals surface area contributed by atoms with Gasteiger partial charge in [0.05, 0.1) is 12.1 Å². The van der Waals surface area contributed by atoms with Crippen molar-refractivity contribution in [1.82, 2.24) is 14.6 Å². The molecule has 1 N–H and O–H groups in total. The number of halogens is 1. The minimum Gasteiger partial charge on any atom is -0.312 e. The van der Waals surface area contributed by atoms with Crippen LogP contribution in [0.25, 0.3) is 0 Å². The third-order valence-electron chi connectivity index (χ3n) is 3.61. The monoisotopic (exact) mass is 331 g/mol. The fourth-order valence-electron chi connectivity index (χ4n) is 2.70. The maximum absolute atomic E-state index is 6.46. The lowest BCUT2D eigenvalue weighted by atomic mass is 9.92. The van der Waals surface area contributed by atoms with Crippen molar-refractivity contribution in [3.8, 4) is 0 Å². The first-order chi connectivity index (χ1) is 11.1. The molecule has 4 heteroatoms. The second-order valence-electron chi connectivity index (χ2n) is 6.16. The van der Waals surface area contributed by atoms with E-state index >= 15 is 0 Å². The number of nitrogens with one attached hydrogen (secondary N) is 1. The maximum atomic E-state index is 6.46. The Balaban J connectivity index is 0.000000433. The van der Waals surface area contributed by atoms with Crippen LogP contribution in [0.2, 0.25) is 0 Å². The Morgan fingerprint density at radius 3 is 1.91 bits per heavy atom. The van der Waals surface area contributed by atoms with Gasteiger partial charge in [0.1, 0.15) is 0 Å². The van der Waals surface area contributed by atoms with Crippen LogP contribution >= 0.6 is 11.8 Å². The molecule has 124 valence electrons. The molecule has 1 fully saturated rings. The summed E-state index contributed by atoms with van der Waals surface area (Å²) < 4.78 is 1.92. The molecule has 0 saturated carbocycles. The van der Waals surface area contributed by atoms with Crippen molar-refractivity contribution in [2.24, 2.45) is 0 Å². The summed E-state index contributed by atoms with van der Waals surface area (Å²) in [7, 11) is 6.00. The highest BCUT2D eigenvalue weighted by Crippen LogP contribution is 2.37. The molecule has 3 nitrogen and oxygen atoms in total. The normalized spacial score (nSPS) is 21.6. The third kappa shape index (κ3) is 5.33. The van der Waals surface area contributed by atoms with Gasteiger partial charge in [0.15, 0.2) is 0 Å². The molecule has 0 spiro atoms. The molecule has 1 heterocycles. The molecule has 2 aromatic rings. The third-order valence-corrected chi connectivity index (χ3v) is 3.99. The van der Waals surface area contributed by atoms with E-state index in [2.05, 4.69) is 53.8 Å². The molecule has 1 aliphatic rings. The Hall–Kier alpha value is -1.39. The quantitative estimate of drug-likeness (QED) is 0.846. The Labute approximate surface area is 145 Å². The highest BCUT2D eigenvalue weighted by Gasteiger charge is 2.32. The summed E-state index contributed by atoms with van der Waals surface area (Å²) in [6.45, 7) is 1.76. The maximum Gasteiger partial charge on any atom is 0.0696 e. The van der Waals surface area contributed by atoms with Crippen molar-refractivity contribution < 1.29 is 0 Å². The van der Waals surface area contributed by atoms with E-state index in [1.54, 1.807) is 0 Å². The molecule has 23 heavy (non-hydrogen) atoms. The van der Waals surface area contributed by atoms with Crippen LogP contribution in [0.1, 0.15) is 23.2 Å². The van der Waals surface area contributed by atoms with Gasteiger partial charge in [-0.2, -0.15) is 0 Å². The van der Waals surface area contributed by atoms with E-state index in [-0.39, 0.29) is 12.1 Å². The summed E-state index contributed by atoms with van der Waals surface area (Å²) in [6, 6.07) is 21.4. The first-order valence-corrected chi connectivity index (χ1v) is 8.30. The van der Waals surface area contributed by atoms with Crippen LogP contribution in [0.5, 0.6) is 0 Å². The Morgan fingerprint density at radius 2 is 1.39 bits per heavy atom. The minimum atomic E-state index is 0.166. The predicted octanol–water partition coefficient (Wildman–Crippen LogP) is 3.71. The first kappa shape index (κ1) is 18.0. The lowest BCUT2D eigenvalue weighted by Gasteiger charge is -2.38. The fraction of sp³-hybridized carbons (Fsp3) is 0.368. The number of rotatable bonds is 2.